The van der Waals surface area contributed by atoms with Gasteiger partial charge in [-0.25, -0.2) is 4.79 Å². The second kappa shape index (κ2) is 9.71. The summed E-state index contributed by atoms with van der Waals surface area (Å²) in [6.45, 7) is 2.19. The van der Waals surface area contributed by atoms with Crippen LogP contribution in [-0.4, -0.2) is 24.3 Å². The Balaban J connectivity index is 3.47. The first-order valence-corrected chi connectivity index (χ1v) is 5.63. The number of allylic oxidation sites excluding steroid dienone is 1. The number of methoxy groups -OCH3 is 1. The molecular weight excluding hydrogens is 192 g/mol. The van der Waals surface area contributed by atoms with Crippen molar-refractivity contribution in [3.05, 3.63) is 12.2 Å². The van der Waals surface area contributed by atoms with E-state index in [0.717, 1.165) is 6.42 Å². The molecule has 0 amide bonds. The molecule has 0 bridgehead atoms. The van der Waals surface area contributed by atoms with Gasteiger partial charge < -0.3 is 9.84 Å². The van der Waals surface area contributed by atoms with Gasteiger partial charge in [-0.05, 0) is 12.8 Å². The zero-order chi connectivity index (χ0) is 11.5. The lowest BCUT2D eigenvalue weighted by Crippen LogP contribution is -2.21. The van der Waals surface area contributed by atoms with Crippen LogP contribution in [-0.2, 0) is 9.53 Å². The number of hydrogen-bond donors (Lipinski definition) is 1. The third kappa shape index (κ3) is 8.18. The third-order valence-electron chi connectivity index (χ3n) is 2.30. The third-order valence-corrected chi connectivity index (χ3v) is 2.30. The van der Waals surface area contributed by atoms with Crippen molar-refractivity contribution < 1.29 is 14.6 Å². The minimum Gasteiger partial charge on any atom is -0.479 e. The van der Waals surface area contributed by atoms with E-state index in [-0.39, 0.29) is 0 Å². The maximum Gasteiger partial charge on any atom is 0.333 e. The number of carboxylic acids is 1. The molecule has 0 radical (unpaired) electrons. The van der Waals surface area contributed by atoms with Crippen LogP contribution in [0.3, 0.4) is 0 Å². The molecule has 0 aliphatic heterocycles. The van der Waals surface area contributed by atoms with E-state index in [1.165, 1.54) is 32.8 Å². The van der Waals surface area contributed by atoms with E-state index in [1.54, 1.807) is 0 Å². The first kappa shape index (κ1) is 14.2. The number of hydrogen-bond acceptors (Lipinski definition) is 2. The fourth-order valence-electron chi connectivity index (χ4n) is 1.32. The highest BCUT2D eigenvalue weighted by atomic mass is 16.5. The molecule has 0 fully saturated rings. The van der Waals surface area contributed by atoms with Gasteiger partial charge in [-0.1, -0.05) is 38.3 Å². The van der Waals surface area contributed by atoms with Gasteiger partial charge in [-0.2, -0.15) is 0 Å². The van der Waals surface area contributed by atoms with Gasteiger partial charge in [0.15, 0.2) is 6.10 Å². The summed E-state index contributed by atoms with van der Waals surface area (Å²) in [7, 11) is 1.42. The Hall–Kier alpha value is -0.830. The molecule has 0 aliphatic rings. The van der Waals surface area contributed by atoms with Crippen molar-refractivity contribution in [3.8, 4) is 0 Å². The molecule has 1 unspecified atom stereocenters. The Morgan fingerprint density at radius 3 is 2.60 bits per heavy atom. The van der Waals surface area contributed by atoms with E-state index >= 15 is 0 Å². The van der Waals surface area contributed by atoms with Crippen LogP contribution in [0.1, 0.15) is 45.4 Å². The SMILES string of the molecule is CCCCCCC=CCC(OC)C(=O)O. The molecule has 0 aromatic heterocycles. The minimum absolute atomic E-state index is 0.458. The molecule has 0 aliphatic carbocycles. The van der Waals surface area contributed by atoms with E-state index in [0.29, 0.717) is 6.42 Å². The van der Waals surface area contributed by atoms with Crippen LogP contribution in [0.2, 0.25) is 0 Å². The van der Waals surface area contributed by atoms with Crippen LogP contribution in [0.25, 0.3) is 0 Å². The van der Waals surface area contributed by atoms with Crippen molar-refractivity contribution in [1.29, 1.82) is 0 Å². The molecule has 15 heavy (non-hydrogen) atoms. The number of rotatable bonds is 9. The highest BCUT2D eigenvalue weighted by Gasteiger charge is 2.13. The van der Waals surface area contributed by atoms with Gasteiger partial charge in [0.05, 0.1) is 0 Å². The molecule has 3 nitrogen and oxygen atoms in total. The van der Waals surface area contributed by atoms with E-state index < -0.39 is 12.1 Å². The topological polar surface area (TPSA) is 46.5 Å². The Morgan fingerprint density at radius 2 is 2.07 bits per heavy atom. The summed E-state index contributed by atoms with van der Waals surface area (Å²) < 4.78 is 4.81. The van der Waals surface area contributed by atoms with Gasteiger partial charge in [0, 0.05) is 13.5 Å². The minimum atomic E-state index is -0.895. The standard InChI is InChI=1S/C12H22O3/c1-3-4-5-6-7-8-9-10-11(15-2)12(13)14/h8-9,11H,3-7,10H2,1-2H3,(H,13,14). The molecule has 0 aromatic rings. The first-order chi connectivity index (χ1) is 7.22. The summed E-state index contributed by atoms with van der Waals surface area (Å²) in [6, 6.07) is 0. The van der Waals surface area contributed by atoms with Crippen LogP contribution in [0.5, 0.6) is 0 Å². The Kier molecular flexibility index (Phi) is 9.18. The molecule has 0 saturated carbocycles. The zero-order valence-corrected chi connectivity index (χ0v) is 9.74. The van der Waals surface area contributed by atoms with E-state index in [1.807, 2.05) is 12.2 Å². The van der Waals surface area contributed by atoms with E-state index in [4.69, 9.17) is 9.84 Å². The number of ether oxygens (including phenoxy) is 1. The second-order valence-electron chi connectivity index (χ2n) is 3.62. The summed E-state index contributed by atoms with van der Waals surface area (Å²) in [5, 5.41) is 8.69. The molecule has 0 spiro atoms. The molecule has 0 saturated heterocycles. The number of aliphatic carboxylic acids is 1. The van der Waals surface area contributed by atoms with Crippen LogP contribution in [0.15, 0.2) is 12.2 Å². The van der Waals surface area contributed by atoms with Gasteiger partial charge in [0.1, 0.15) is 0 Å². The summed E-state index contributed by atoms with van der Waals surface area (Å²) in [4.78, 5) is 10.6. The highest BCUT2D eigenvalue weighted by molar-refractivity contribution is 5.72. The van der Waals surface area contributed by atoms with Crippen LogP contribution >= 0.6 is 0 Å². The molecule has 3 heteroatoms. The van der Waals surface area contributed by atoms with Gasteiger partial charge in [-0.15, -0.1) is 0 Å². The number of unbranched alkanes of at least 4 members (excludes halogenated alkanes) is 4. The van der Waals surface area contributed by atoms with Gasteiger partial charge in [0.25, 0.3) is 0 Å². The molecule has 0 heterocycles. The molecule has 0 rings (SSSR count). The zero-order valence-electron chi connectivity index (χ0n) is 9.74. The average Bonchev–Trinajstić information content (AvgIpc) is 2.21. The Bertz CT molecular complexity index is 187. The summed E-state index contributed by atoms with van der Waals surface area (Å²) >= 11 is 0. The highest BCUT2D eigenvalue weighted by Crippen LogP contribution is 2.04. The first-order valence-electron chi connectivity index (χ1n) is 5.63. The maximum atomic E-state index is 10.6. The van der Waals surface area contributed by atoms with Crippen molar-refractivity contribution in [2.75, 3.05) is 7.11 Å². The van der Waals surface area contributed by atoms with Gasteiger partial charge in [0.2, 0.25) is 0 Å². The van der Waals surface area contributed by atoms with Crippen molar-refractivity contribution in [3.63, 3.8) is 0 Å². The predicted octanol–water partition coefficient (Wildman–Crippen LogP) is 3.00. The van der Waals surface area contributed by atoms with Gasteiger partial charge >= 0.3 is 5.97 Å². The second-order valence-corrected chi connectivity index (χ2v) is 3.62. The average molecular weight is 214 g/mol. The molecular formula is C12H22O3. The smallest absolute Gasteiger partial charge is 0.333 e. The monoisotopic (exact) mass is 214 g/mol. The lowest BCUT2D eigenvalue weighted by Gasteiger charge is -2.06. The van der Waals surface area contributed by atoms with Crippen molar-refractivity contribution in [2.45, 2.75) is 51.6 Å². The normalized spacial score (nSPS) is 13.2. The van der Waals surface area contributed by atoms with Crippen LogP contribution in [0.4, 0.5) is 0 Å². The fourth-order valence-corrected chi connectivity index (χ4v) is 1.32. The number of carboxylic acid groups (broad SMARTS) is 1. The summed E-state index contributed by atoms with van der Waals surface area (Å²) in [6.07, 6.45) is 9.71. The molecule has 1 N–H and O–H groups in total. The van der Waals surface area contributed by atoms with Gasteiger partial charge in [-0.3, -0.25) is 0 Å². The van der Waals surface area contributed by atoms with Crippen molar-refractivity contribution >= 4 is 5.97 Å². The Labute approximate surface area is 92.1 Å². The van der Waals surface area contributed by atoms with Crippen molar-refractivity contribution in [1.82, 2.24) is 0 Å². The lowest BCUT2D eigenvalue weighted by atomic mass is 10.1. The Morgan fingerprint density at radius 1 is 1.33 bits per heavy atom. The predicted molar refractivity (Wildman–Crippen MR) is 60.9 cm³/mol. The number of carbonyl (C=O) groups is 1. The maximum absolute atomic E-state index is 10.6. The van der Waals surface area contributed by atoms with Crippen molar-refractivity contribution in [2.24, 2.45) is 0 Å². The molecule has 88 valence electrons. The van der Waals surface area contributed by atoms with E-state index in [2.05, 4.69) is 6.92 Å². The molecule has 1 atom stereocenters. The molecule has 0 aromatic carbocycles. The van der Waals surface area contributed by atoms with E-state index in [9.17, 15) is 4.79 Å². The lowest BCUT2D eigenvalue weighted by molar-refractivity contribution is -0.148. The van der Waals surface area contributed by atoms with Crippen LogP contribution in [0, 0.1) is 0 Å². The summed E-state index contributed by atoms with van der Waals surface area (Å²) in [5.74, 6) is -0.895. The summed E-state index contributed by atoms with van der Waals surface area (Å²) in [5.41, 5.74) is 0. The quantitative estimate of drug-likeness (QED) is 0.474. The fraction of sp³-hybridized carbons (Fsp3) is 0.750. The van der Waals surface area contributed by atoms with Crippen LogP contribution < -0.4 is 0 Å². The largest absolute Gasteiger partial charge is 0.479 e.